The van der Waals surface area contributed by atoms with Crippen LogP contribution < -0.4 is 10.4 Å². The minimum absolute atomic E-state index is 1.03. The van der Waals surface area contributed by atoms with Crippen molar-refractivity contribution in [2.45, 2.75) is 26.7 Å². The van der Waals surface area contributed by atoms with Crippen molar-refractivity contribution in [1.82, 2.24) is 0 Å². The van der Waals surface area contributed by atoms with Gasteiger partial charge in [0.1, 0.15) is 0 Å². The third kappa shape index (κ3) is 3.22. The van der Waals surface area contributed by atoms with Crippen molar-refractivity contribution in [3.05, 3.63) is 59.7 Å². The van der Waals surface area contributed by atoms with Crippen molar-refractivity contribution in [3.8, 4) is 0 Å². The highest BCUT2D eigenvalue weighted by molar-refractivity contribution is 7.56. The Bertz CT molecular complexity index is 480. The summed E-state index contributed by atoms with van der Waals surface area (Å²) < 4.78 is 0. The summed E-state index contributed by atoms with van der Waals surface area (Å²) in [6.45, 7) is 1.70. The average molecular weight is 309 g/mol. The Balaban J connectivity index is 2.33. The molecular weight excluding hydrogens is 291 g/mol. The molecule has 0 N–H and O–H groups in total. The van der Waals surface area contributed by atoms with Crippen LogP contribution in [0, 0.1) is 0 Å². The van der Waals surface area contributed by atoms with E-state index in [1.54, 1.807) is 0 Å². The smallest absolute Gasteiger partial charge is 0.134 e. The molecule has 0 bridgehead atoms. The van der Waals surface area contributed by atoms with Gasteiger partial charge in [-0.2, -0.15) is 0 Å². The van der Waals surface area contributed by atoms with E-state index in [2.05, 4.69) is 62.4 Å². The fraction of sp³-hybridized carbons (Fsp3) is 0.250. The van der Waals surface area contributed by atoms with Gasteiger partial charge in [0, 0.05) is 0 Å². The summed E-state index contributed by atoms with van der Waals surface area (Å²) in [5, 5.41) is 2.11. The molecule has 100 valence electrons. The van der Waals surface area contributed by atoms with Crippen LogP contribution in [0.4, 0.5) is 0 Å². The number of hydrogen-bond donors (Lipinski definition) is 0. The standard InChI is InChI=1S/C16H18Cl2Si/c1-3-13-5-9-15(10-6-13)19(17,18)16-11-7-14(4-2)8-12-16/h5-12H,3-4H2,1-2H3. The Hall–Kier alpha value is -0.763. The van der Waals surface area contributed by atoms with Crippen LogP contribution in [0.15, 0.2) is 48.5 Å². The van der Waals surface area contributed by atoms with Gasteiger partial charge in [0.2, 0.25) is 0 Å². The maximum Gasteiger partial charge on any atom is 0.310 e. The fourth-order valence-electron chi connectivity index (χ4n) is 2.07. The lowest BCUT2D eigenvalue weighted by Crippen LogP contribution is -2.48. The maximum atomic E-state index is 6.68. The quantitative estimate of drug-likeness (QED) is 0.594. The zero-order valence-electron chi connectivity index (χ0n) is 11.3. The first-order valence-electron chi connectivity index (χ1n) is 6.64. The molecule has 0 aliphatic carbocycles. The predicted octanol–water partition coefficient (Wildman–Crippen LogP) is 3.85. The lowest BCUT2D eigenvalue weighted by molar-refractivity contribution is 1.14. The van der Waals surface area contributed by atoms with Gasteiger partial charge in [-0.3, -0.25) is 0 Å². The minimum atomic E-state index is -2.58. The fourth-order valence-corrected chi connectivity index (χ4v) is 5.08. The monoisotopic (exact) mass is 308 g/mol. The lowest BCUT2D eigenvalue weighted by Gasteiger charge is -2.18. The molecular formula is C16H18Cl2Si. The van der Waals surface area contributed by atoms with Crippen molar-refractivity contribution < 1.29 is 0 Å². The first-order chi connectivity index (χ1) is 9.07. The summed E-state index contributed by atoms with van der Waals surface area (Å²) >= 11 is 13.4. The number of aryl methyl sites for hydroxylation is 2. The molecule has 0 saturated carbocycles. The number of hydrogen-bond acceptors (Lipinski definition) is 0. The van der Waals surface area contributed by atoms with E-state index in [9.17, 15) is 0 Å². The van der Waals surface area contributed by atoms with Crippen LogP contribution in [-0.4, -0.2) is 6.69 Å². The Labute approximate surface area is 125 Å². The van der Waals surface area contributed by atoms with Crippen LogP contribution in [0.3, 0.4) is 0 Å². The maximum absolute atomic E-state index is 6.68. The molecule has 2 rings (SSSR count). The molecule has 0 spiro atoms. The second-order valence-corrected chi connectivity index (χ2v) is 11.0. The van der Waals surface area contributed by atoms with Gasteiger partial charge >= 0.3 is 6.69 Å². The van der Waals surface area contributed by atoms with Gasteiger partial charge in [0.15, 0.2) is 0 Å². The van der Waals surface area contributed by atoms with E-state index in [0.717, 1.165) is 23.2 Å². The zero-order valence-corrected chi connectivity index (χ0v) is 13.8. The molecule has 2 aromatic carbocycles. The average Bonchev–Trinajstić information content (AvgIpc) is 2.47. The number of halogens is 2. The molecule has 0 heterocycles. The molecule has 0 aromatic heterocycles. The Morgan fingerprint density at radius 3 is 1.26 bits per heavy atom. The number of benzene rings is 2. The first kappa shape index (κ1) is 14.6. The van der Waals surface area contributed by atoms with Crippen LogP contribution in [0.1, 0.15) is 25.0 Å². The van der Waals surface area contributed by atoms with E-state index in [-0.39, 0.29) is 0 Å². The summed E-state index contributed by atoms with van der Waals surface area (Å²) in [6, 6.07) is 16.7. The molecule has 0 unspecified atom stereocenters. The van der Waals surface area contributed by atoms with Gasteiger partial charge < -0.3 is 0 Å². The molecule has 19 heavy (non-hydrogen) atoms. The summed E-state index contributed by atoms with van der Waals surface area (Å²) in [7, 11) is 0. The molecule has 0 aliphatic heterocycles. The molecule has 0 nitrogen and oxygen atoms in total. The summed E-state index contributed by atoms with van der Waals surface area (Å²) in [6.07, 6.45) is 2.06. The van der Waals surface area contributed by atoms with Crippen molar-refractivity contribution in [3.63, 3.8) is 0 Å². The number of rotatable bonds is 4. The normalized spacial score (nSPS) is 11.6. The van der Waals surface area contributed by atoms with Gasteiger partial charge in [0.05, 0.1) is 0 Å². The topological polar surface area (TPSA) is 0 Å². The van der Waals surface area contributed by atoms with Crippen LogP contribution in [0.25, 0.3) is 0 Å². The van der Waals surface area contributed by atoms with Gasteiger partial charge in [0.25, 0.3) is 0 Å². The lowest BCUT2D eigenvalue weighted by atomic mass is 10.2. The van der Waals surface area contributed by atoms with Gasteiger partial charge in [-0.15, -0.1) is 22.2 Å². The van der Waals surface area contributed by atoms with Crippen LogP contribution in [0.2, 0.25) is 0 Å². The van der Waals surface area contributed by atoms with Gasteiger partial charge in [-0.25, -0.2) is 0 Å². The molecule has 0 radical (unpaired) electrons. The Kier molecular flexibility index (Phi) is 4.72. The van der Waals surface area contributed by atoms with E-state index in [4.69, 9.17) is 22.2 Å². The molecule has 3 heteroatoms. The van der Waals surface area contributed by atoms with E-state index >= 15 is 0 Å². The first-order valence-corrected chi connectivity index (χ1v) is 10.7. The highest BCUT2D eigenvalue weighted by Crippen LogP contribution is 2.16. The SMILES string of the molecule is CCc1ccc([Si](Cl)(Cl)c2ccc(CC)cc2)cc1. The van der Waals surface area contributed by atoms with Crippen molar-refractivity contribution >= 4 is 39.2 Å². The van der Waals surface area contributed by atoms with Crippen molar-refractivity contribution in [1.29, 1.82) is 0 Å². The van der Waals surface area contributed by atoms with Gasteiger partial charge in [-0.1, -0.05) is 62.4 Å². The van der Waals surface area contributed by atoms with E-state index in [1.807, 2.05) is 0 Å². The second-order valence-electron chi connectivity index (χ2n) is 4.68. The second kappa shape index (κ2) is 6.13. The molecule has 0 fully saturated rings. The van der Waals surface area contributed by atoms with E-state index in [1.165, 1.54) is 11.1 Å². The molecule has 0 amide bonds. The molecule has 0 atom stereocenters. The van der Waals surface area contributed by atoms with Crippen LogP contribution in [-0.2, 0) is 12.8 Å². The Morgan fingerprint density at radius 1 is 0.684 bits per heavy atom. The van der Waals surface area contributed by atoms with E-state index < -0.39 is 6.69 Å². The van der Waals surface area contributed by atoms with Crippen molar-refractivity contribution in [2.75, 3.05) is 0 Å². The highest BCUT2D eigenvalue weighted by Gasteiger charge is 2.33. The predicted molar refractivity (Wildman–Crippen MR) is 88.4 cm³/mol. The van der Waals surface area contributed by atoms with Gasteiger partial charge in [-0.05, 0) is 34.3 Å². The van der Waals surface area contributed by atoms with E-state index in [0.29, 0.717) is 0 Å². The third-order valence-electron chi connectivity index (χ3n) is 3.45. The van der Waals surface area contributed by atoms with Crippen molar-refractivity contribution in [2.24, 2.45) is 0 Å². The molecule has 0 aliphatic rings. The highest BCUT2D eigenvalue weighted by atomic mass is 35.7. The largest absolute Gasteiger partial charge is 0.310 e. The zero-order chi connectivity index (χ0) is 13.9. The van der Waals surface area contributed by atoms with Crippen LogP contribution in [0.5, 0.6) is 0 Å². The minimum Gasteiger partial charge on any atom is -0.134 e. The molecule has 0 saturated heterocycles. The van der Waals surface area contributed by atoms with Crippen LogP contribution >= 0.6 is 22.2 Å². The Morgan fingerprint density at radius 2 is 1.00 bits per heavy atom. The summed E-state index contributed by atoms with van der Waals surface area (Å²) in [5.41, 5.74) is 2.62. The third-order valence-corrected chi connectivity index (χ3v) is 8.18. The molecule has 2 aromatic rings. The summed E-state index contributed by atoms with van der Waals surface area (Å²) in [4.78, 5) is 0. The summed E-state index contributed by atoms with van der Waals surface area (Å²) in [5.74, 6) is 0.